The Kier molecular flexibility index (Phi) is 3.85. The molecule has 2 aromatic rings. The van der Waals surface area contributed by atoms with E-state index in [1.807, 2.05) is 13.8 Å². The van der Waals surface area contributed by atoms with Crippen molar-refractivity contribution in [1.82, 2.24) is 19.5 Å². The van der Waals surface area contributed by atoms with Gasteiger partial charge in [-0.2, -0.15) is 9.40 Å². The van der Waals surface area contributed by atoms with E-state index in [4.69, 9.17) is 0 Å². The van der Waals surface area contributed by atoms with Crippen LogP contribution in [-0.4, -0.2) is 34.4 Å². The SMILES string of the molecule is CC(C)c1n[nH]c(C2CCCN2S(=O)(=O)c2cccs2)n1. The molecule has 3 heterocycles. The molecule has 3 rings (SSSR count). The predicted octanol–water partition coefficient (Wildman–Crippen LogP) is 2.52. The minimum Gasteiger partial charge on any atom is -0.262 e. The monoisotopic (exact) mass is 326 g/mol. The second-order valence-corrected chi connectivity index (χ2v) is 8.50. The molecule has 1 aliphatic heterocycles. The first-order valence-electron chi connectivity index (χ1n) is 6.97. The van der Waals surface area contributed by atoms with Gasteiger partial charge in [-0.15, -0.1) is 11.3 Å². The number of aromatic amines is 1. The topological polar surface area (TPSA) is 79.0 Å². The van der Waals surface area contributed by atoms with Crippen LogP contribution in [0.5, 0.6) is 0 Å². The Balaban J connectivity index is 1.92. The fourth-order valence-electron chi connectivity index (χ4n) is 2.52. The zero-order chi connectivity index (χ0) is 15.0. The average Bonchev–Trinajstić information content (AvgIpc) is 3.19. The lowest BCUT2D eigenvalue weighted by Crippen LogP contribution is -2.30. The number of aromatic nitrogens is 3. The van der Waals surface area contributed by atoms with Gasteiger partial charge in [0.15, 0.2) is 5.82 Å². The smallest absolute Gasteiger partial charge is 0.253 e. The summed E-state index contributed by atoms with van der Waals surface area (Å²) in [5.74, 6) is 1.60. The second kappa shape index (κ2) is 5.51. The van der Waals surface area contributed by atoms with Crippen molar-refractivity contribution in [1.29, 1.82) is 0 Å². The van der Waals surface area contributed by atoms with E-state index >= 15 is 0 Å². The number of hydrogen-bond donors (Lipinski definition) is 1. The third-order valence-electron chi connectivity index (χ3n) is 3.61. The molecule has 0 bridgehead atoms. The van der Waals surface area contributed by atoms with Crippen molar-refractivity contribution < 1.29 is 8.42 Å². The van der Waals surface area contributed by atoms with E-state index in [2.05, 4.69) is 15.2 Å². The van der Waals surface area contributed by atoms with Crippen LogP contribution in [0, 0.1) is 0 Å². The highest BCUT2D eigenvalue weighted by Crippen LogP contribution is 2.36. The highest BCUT2D eigenvalue weighted by Gasteiger charge is 2.38. The molecule has 0 spiro atoms. The fourth-order valence-corrected chi connectivity index (χ4v) is 5.30. The van der Waals surface area contributed by atoms with Crippen molar-refractivity contribution in [2.75, 3.05) is 6.54 Å². The maximum atomic E-state index is 12.7. The summed E-state index contributed by atoms with van der Waals surface area (Å²) in [6, 6.07) is 3.17. The van der Waals surface area contributed by atoms with Gasteiger partial charge in [0.1, 0.15) is 10.0 Å². The Bertz CT molecular complexity index is 706. The fraction of sp³-hybridized carbons (Fsp3) is 0.538. The van der Waals surface area contributed by atoms with E-state index in [0.717, 1.165) is 18.7 Å². The normalized spacial score (nSPS) is 20.4. The molecule has 1 aliphatic rings. The molecular formula is C13H18N4O2S2. The zero-order valence-corrected chi connectivity index (χ0v) is 13.6. The van der Waals surface area contributed by atoms with Crippen LogP contribution in [-0.2, 0) is 10.0 Å². The van der Waals surface area contributed by atoms with E-state index in [1.165, 1.54) is 11.3 Å². The molecule has 2 aromatic heterocycles. The summed E-state index contributed by atoms with van der Waals surface area (Å²) in [5, 5.41) is 8.88. The van der Waals surface area contributed by atoms with E-state index in [1.54, 1.807) is 21.8 Å². The Morgan fingerprint density at radius 1 is 1.48 bits per heavy atom. The number of hydrogen-bond acceptors (Lipinski definition) is 5. The summed E-state index contributed by atoms with van der Waals surface area (Å²) in [6.07, 6.45) is 1.62. The molecule has 0 saturated carbocycles. The first kappa shape index (κ1) is 14.7. The van der Waals surface area contributed by atoms with Crippen LogP contribution in [0.1, 0.15) is 50.3 Å². The average molecular weight is 326 g/mol. The third-order valence-corrected chi connectivity index (χ3v) is 6.89. The van der Waals surface area contributed by atoms with Crippen molar-refractivity contribution in [2.45, 2.75) is 42.9 Å². The summed E-state index contributed by atoms with van der Waals surface area (Å²) < 4.78 is 27.3. The molecule has 1 atom stereocenters. The Labute approximate surface area is 128 Å². The molecule has 1 saturated heterocycles. The van der Waals surface area contributed by atoms with Crippen LogP contribution in [0.4, 0.5) is 0 Å². The number of nitrogens with zero attached hydrogens (tertiary/aromatic N) is 3. The highest BCUT2D eigenvalue weighted by atomic mass is 32.2. The molecule has 1 unspecified atom stereocenters. The largest absolute Gasteiger partial charge is 0.262 e. The number of thiophene rings is 1. The molecule has 1 fully saturated rings. The Morgan fingerprint density at radius 2 is 2.29 bits per heavy atom. The van der Waals surface area contributed by atoms with Crippen molar-refractivity contribution in [3.63, 3.8) is 0 Å². The van der Waals surface area contributed by atoms with Gasteiger partial charge in [-0.05, 0) is 24.3 Å². The van der Waals surface area contributed by atoms with Gasteiger partial charge in [-0.1, -0.05) is 19.9 Å². The Morgan fingerprint density at radius 3 is 2.90 bits per heavy atom. The number of nitrogens with one attached hydrogen (secondary N) is 1. The molecule has 1 N–H and O–H groups in total. The van der Waals surface area contributed by atoms with Gasteiger partial charge >= 0.3 is 0 Å². The Hall–Kier alpha value is -1.25. The highest BCUT2D eigenvalue weighted by molar-refractivity contribution is 7.91. The van der Waals surface area contributed by atoms with Crippen LogP contribution >= 0.6 is 11.3 Å². The summed E-state index contributed by atoms with van der Waals surface area (Å²) in [5.41, 5.74) is 0. The van der Waals surface area contributed by atoms with Crippen LogP contribution in [0.3, 0.4) is 0 Å². The maximum Gasteiger partial charge on any atom is 0.253 e. The van der Waals surface area contributed by atoms with Crippen LogP contribution in [0.15, 0.2) is 21.7 Å². The summed E-state index contributed by atoms with van der Waals surface area (Å²) >= 11 is 1.25. The number of H-pyrrole nitrogens is 1. The molecule has 0 amide bonds. The van der Waals surface area contributed by atoms with Crippen molar-refractivity contribution in [3.8, 4) is 0 Å². The maximum absolute atomic E-state index is 12.7. The van der Waals surface area contributed by atoms with Crippen LogP contribution in [0.2, 0.25) is 0 Å². The summed E-state index contributed by atoms with van der Waals surface area (Å²) in [7, 11) is -3.44. The van der Waals surface area contributed by atoms with Gasteiger partial charge in [0.2, 0.25) is 0 Å². The van der Waals surface area contributed by atoms with Crippen LogP contribution in [0.25, 0.3) is 0 Å². The van der Waals surface area contributed by atoms with Gasteiger partial charge < -0.3 is 0 Å². The summed E-state index contributed by atoms with van der Waals surface area (Å²) in [4.78, 5) is 4.47. The van der Waals surface area contributed by atoms with Gasteiger partial charge in [0.05, 0.1) is 6.04 Å². The zero-order valence-electron chi connectivity index (χ0n) is 12.0. The van der Waals surface area contributed by atoms with Gasteiger partial charge in [0.25, 0.3) is 10.0 Å². The summed E-state index contributed by atoms with van der Waals surface area (Å²) in [6.45, 7) is 4.56. The molecule has 21 heavy (non-hydrogen) atoms. The minimum absolute atomic E-state index is 0.221. The van der Waals surface area contributed by atoms with E-state index in [-0.39, 0.29) is 12.0 Å². The minimum atomic E-state index is -3.44. The first-order valence-corrected chi connectivity index (χ1v) is 9.29. The van der Waals surface area contributed by atoms with Crippen molar-refractivity contribution in [2.24, 2.45) is 0 Å². The number of rotatable bonds is 4. The molecule has 0 radical (unpaired) electrons. The van der Waals surface area contributed by atoms with Gasteiger partial charge in [-0.25, -0.2) is 13.4 Å². The lowest BCUT2D eigenvalue weighted by atomic mass is 10.2. The first-order chi connectivity index (χ1) is 10.00. The molecule has 8 heteroatoms. The quantitative estimate of drug-likeness (QED) is 0.936. The lowest BCUT2D eigenvalue weighted by Gasteiger charge is -2.21. The van der Waals surface area contributed by atoms with Crippen LogP contribution < -0.4 is 0 Å². The molecule has 0 aromatic carbocycles. The van der Waals surface area contributed by atoms with E-state index in [0.29, 0.717) is 16.6 Å². The predicted molar refractivity (Wildman–Crippen MR) is 80.7 cm³/mol. The van der Waals surface area contributed by atoms with Crippen molar-refractivity contribution in [3.05, 3.63) is 29.2 Å². The third kappa shape index (κ3) is 2.63. The molecule has 114 valence electrons. The van der Waals surface area contributed by atoms with E-state index < -0.39 is 10.0 Å². The molecule has 6 nitrogen and oxygen atoms in total. The second-order valence-electron chi connectivity index (χ2n) is 5.44. The molecule has 0 aliphatic carbocycles. The van der Waals surface area contributed by atoms with Crippen molar-refractivity contribution >= 4 is 21.4 Å². The number of sulfonamides is 1. The van der Waals surface area contributed by atoms with Gasteiger partial charge in [-0.3, -0.25) is 5.10 Å². The van der Waals surface area contributed by atoms with Gasteiger partial charge in [0, 0.05) is 12.5 Å². The molecular weight excluding hydrogens is 308 g/mol. The lowest BCUT2D eigenvalue weighted by molar-refractivity contribution is 0.385. The standard InChI is InChI=1S/C13H18N4O2S2/c1-9(2)12-14-13(16-15-12)10-5-3-7-17(10)21(18,19)11-6-4-8-20-11/h4,6,8-10H,3,5,7H2,1-2H3,(H,14,15,16). The van der Waals surface area contributed by atoms with E-state index in [9.17, 15) is 8.42 Å².